The minimum Gasteiger partial charge on any atom is -0.379 e. The molecule has 1 aliphatic rings. The molecule has 0 bridgehead atoms. The van der Waals surface area contributed by atoms with Gasteiger partial charge in [0.15, 0.2) is 5.82 Å². The number of amides is 1. The van der Waals surface area contributed by atoms with E-state index in [0.29, 0.717) is 12.3 Å². The fourth-order valence-electron chi connectivity index (χ4n) is 2.49. The van der Waals surface area contributed by atoms with Crippen molar-refractivity contribution in [1.82, 2.24) is 9.78 Å². The first kappa shape index (κ1) is 15.8. The predicted molar refractivity (Wildman–Crippen MR) is 84.5 cm³/mol. The quantitative estimate of drug-likeness (QED) is 0.898. The summed E-state index contributed by atoms with van der Waals surface area (Å²) in [4.78, 5) is 11.6. The number of nitrogens with one attached hydrogen (secondary N) is 1. The zero-order chi connectivity index (χ0) is 16.4. The Morgan fingerprint density at radius 1 is 1.52 bits per heavy atom. The van der Waals surface area contributed by atoms with Gasteiger partial charge in [-0.1, -0.05) is 11.6 Å². The molecule has 1 amide bonds. The van der Waals surface area contributed by atoms with E-state index in [0.717, 1.165) is 19.4 Å². The van der Waals surface area contributed by atoms with Crippen LogP contribution < -0.4 is 11.1 Å². The Hall–Kier alpha value is -2.12. The first-order chi connectivity index (χ1) is 11.0. The summed E-state index contributed by atoms with van der Waals surface area (Å²) < 4.78 is 20.6. The Labute approximate surface area is 137 Å². The average Bonchev–Trinajstić information content (AvgIpc) is 2.96. The van der Waals surface area contributed by atoms with E-state index in [1.54, 1.807) is 16.9 Å². The van der Waals surface area contributed by atoms with Crippen LogP contribution >= 0.6 is 11.6 Å². The SMILES string of the molecule is NC(=O)c1cn(C2CCCOC2)nc1Nc1ccc(Cl)c(F)c1. The summed E-state index contributed by atoms with van der Waals surface area (Å²) in [6, 6.07) is 4.31. The third-order valence-electron chi connectivity index (χ3n) is 3.69. The molecule has 23 heavy (non-hydrogen) atoms. The molecule has 0 aliphatic carbocycles. The molecule has 1 aromatic heterocycles. The van der Waals surface area contributed by atoms with Crippen LogP contribution in [0.3, 0.4) is 0 Å². The number of nitrogens with two attached hydrogens (primary N) is 1. The van der Waals surface area contributed by atoms with E-state index >= 15 is 0 Å². The van der Waals surface area contributed by atoms with Gasteiger partial charge in [-0.2, -0.15) is 5.10 Å². The fraction of sp³-hybridized carbons (Fsp3) is 0.333. The first-order valence-corrected chi connectivity index (χ1v) is 7.61. The molecule has 1 aliphatic heterocycles. The number of hydrogen-bond donors (Lipinski definition) is 2. The zero-order valence-electron chi connectivity index (χ0n) is 12.3. The summed E-state index contributed by atoms with van der Waals surface area (Å²) in [5.74, 6) is -0.882. The van der Waals surface area contributed by atoms with E-state index < -0.39 is 11.7 Å². The lowest BCUT2D eigenvalue weighted by molar-refractivity contribution is 0.0550. The van der Waals surface area contributed by atoms with Crippen LogP contribution in [0.1, 0.15) is 29.2 Å². The van der Waals surface area contributed by atoms with Gasteiger partial charge in [-0.15, -0.1) is 0 Å². The van der Waals surface area contributed by atoms with Gasteiger partial charge in [0, 0.05) is 18.5 Å². The van der Waals surface area contributed by atoms with Crippen molar-refractivity contribution in [3.05, 3.63) is 40.8 Å². The highest BCUT2D eigenvalue weighted by Crippen LogP contribution is 2.26. The van der Waals surface area contributed by atoms with Crippen LogP contribution in [-0.2, 0) is 4.74 Å². The highest BCUT2D eigenvalue weighted by Gasteiger charge is 2.21. The number of benzene rings is 1. The molecule has 122 valence electrons. The Bertz CT molecular complexity index is 728. The summed E-state index contributed by atoms with van der Waals surface area (Å²) in [6.07, 6.45) is 3.44. The highest BCUT2D eigenvalue weighted by molar-refractivity contribution is 6.30. The predicted octanol–water partition coefficient (Wildman–Crippen LogP) is 2.87. The minimum absolute atomic E-state index is 0.0237. The molecular formula is C15H16ClFN4O2. The number of aromatic nitrogens is 2. The van der Waals surface area contributed by atoms with Crippen molar-refractivity contribution < 1.29 is 13.9 Å². The smallest absolute Gasteiger partial charge is 0.254 e. The number of primary amides is 1. The molecule has 3 N–H and O–H groups in total. The molecule has 1 aromatic carbocycles. The van der Waals surface area contributed by atoms with Crippen molar-refractivity contribution in [2.75, 3.05) is 18.5 Å². The lowest BCUT2D eigenvalue weighted by atomic mass is 10.1. The Morgan fingerprint density at radius 2 is 2.35 bits per heavy atom. The van der Waals surface area contributed by atoms with Crippen LogP contribution in [-0.4, -0.2) is 28.9 Å². The Morgan fingerprint density at radius 3 is 3.00 bits per heavy atom. The molecule has 0 radical (unpaired) electrons. The van der Waals surface area contributed by atoms with Crippen LogP contribution in [0.2, 0.25) is 5.02 Å². The number of rotatable bonds is 4. The van der Waals surface area contributed by atoms with Crippen molar-refractivity contribution in [3.63, 3.8) is 0 Å². The number of anilines is 2. The van der Waals surface area contributed by atoms with Crippen molar-refractivity contribution >= 4 is 29.0 Å². The van der Waals surface area contributed by atoms with E-state index in [4.69, 9.17) is 22.1 Å². The number of halogens is 2. The van der Waals surface area contributed by atoms with Gasteiger partial charge in [-0.25, -0.2) is 4.39 Å². The maximum atomic E-state index is 13.5. The molecule has 0 spiro atoms. The lowest BCUT2D eigenvalue weighted by Crippen LogP contribution is -2.21. The van der Waals surface area contributed by atoms with Crippen molar-refractivity contribution in [2.45, 2.75) is 18.9 Å². The topological polar surface area (TPSA) is 82.2 Å². The molecule has 1 atom stereocenters. The first-order valence-electron chi connectivity index (χ1n) is 7.23. The van der Waals surface area contributed by atoms with Gasteiger partial charge < -0.3 is 15.8 Å². The van der Waals surface area contributed by atoms with Gasteiger partial charge >= 0.3 is 0 Å². The minimum atomic E-state index is -0.607. The average molecular weight is 339 g/mol. The number of carbonyl (C=O) groups is 1. The Kier molecular flexibility index (Phi) is 4.49. The molecule has 2 aromatic rings. The van der Waals surface area contributed by atoms with Gasteiger partial charge in [0.25, 0.3) is 5.91 Å². The molecular weight excluding hydrogens is 323 g/mol. The van der Waals surface area contributed by atoms with Crippen molar-refractivity contribution in [1.29, 1.82) is 0 Å². The number of carbonyl (C=O) groups excluding carboxylic acids is 1. The largest absolute Gasteiger partial charge is 0.379 e. The van der Waals surface area contributed by atoms with E-state index in [2.05, 4.69) is 10.4 Å². The lowest BCUT2D eigenvalue weighted by Gasteiger charge is -2.22. The molecule has 6 nitrogen and oxygen atoms in total. The second kappa shape index (κ2) is 6.55. The molecule has 1 fully saturated rings. The normalized spacial score (nSPS) is 17.9. The van der Waals surface area contributed by atoms with Gasteiger partial charge in [-0.05, 0) is 31.0 Å². The molecule has 8 heteroatoms. The number of ether oxygens (including phenoxy) is 1. The van der Waals surface area contributed by atoms with Crippen LogP contribution in [0.5, 0.6) is 0 Å². The zero-order valence-corrected chi connectivity index (χ0v) is 13.0. The Balaban J connectivity index is 1.88. The number of hydrogen-bond acceptors (Lipinski definition) is 4. The standard InChI is InChI=1S/C15H16ClFN4O2/c16-12-4-3-9(6-13(12)17)19-15-11(14(18)22)7-21(20-15)10-2-1-5-23-8-10/h3-4,6-7,10H,1-2,5,8H2,(H2,18,22)(H,19,20). The summed E-state index contributed by atoms with van der Waals surface area (Å²) in [5.41, 5.74) is 6.08. The highest BCUT2D eigenvalue weighted by atomic mass is 35.5. The second-order valence-electron chi connectivity index (χ2n) is 5.36. The van der Waals surface area contributed by atoms with Crippen molar-refractivity contribution in [3.8, 4) is 0 Å². The van der Waals surface area contributed by atoms with Crippen molar-refractivity contribution in [2.24, 2.45) is 5.73 Å². The summed E-state index contributed by atoms with van der Waals surface area (Å²) in [7, 11) is 0. The van der Waals surface area contributed by atoms with E-state index in [-0.39, 0.29) is 22.4 Å². The number of nitrogens with zero attached hydrogens (tertiary/aromatic N) is 2. The summed E-state index contributed by atoms with van der Waals surface area (Å²) in [5, 5.41) is 7.30. The molecule has 0 saturated carbocycles. The van der Waals surface area contributed by atoms with E-state index in [1.165, 1.54) is 12.1 Å². The maximum Gasteiger partial charge on any atom is 0.254 e. The third-order valence-corrected chi connectivity index (χ3v) is 4.00. The second-order valence-corrected chi connectivity index (χ2v) is 5.77. The summed E-state index contributed by atoms with van der Waals surface area (Å²) >= 11 is 5.66. The maximum absolute atomic E-state index is 13.5. The molecule has 2 heterocycles. The van der Waals surface area contributed by atoms with Gasteiger partial charge in [0.05, 0.1) is 17.7 Å². The monoisotopic (exact) mass is 338 g/mol. The molecule has 1 saturated heterocycles. The summed E-state index contributed by atoms with van der Waals surface area (Å²) in [6.45, 7) is 1.27. The van der Waals surface area contributed by atoms with Gasteiger partial charge in [0.2, 0.25) is 0 Å². The van der Waals surface area contributed by atoms with Gasteiger partial charge in [0.1, 0.15) is 11.4 Å². The fourth-order valence-corrected chi connectivity index (χ4v) is 2.61. The van der Waals surface area contributed by atoms with E-state index in [9.17, 15) is 9.18 Å². The van der Waals surface area contributed by atoms with Gasteiger partial charge in [-0.3, -0.25) is 9.48 Å². The molecule has 1 unspecified atom stereocenters. The van der Waals surface area contributed by atoms with Crippen LogP contribution in [0.25, 0.3) is 0 Å². The van der Waals surface area contributed by atoms with E-state index in [1.807, 2.05) is 0 Å². The third kappa shape index (κ3) is 3.46. The van der Waals surface area contributed by atoms with Crippen LogP contribution in [0, 0.1) is 5.82 Å². The van der Waals surface area contributed by atoms with Crippen LogP contribution in [0.15, 0.2) is 24.4 Å². The molecule has 3 rings (SSSR count). The van der Waals surface area contributed by atoms with Crippen LogP contribution in [0.4, 0.5) is 15.9 Å².